The molecule has 1 aromatic rings. The van der Waals surface area contributed by atoms with Crippen molar-refractivity contribution in [1.29, 1.82) is 0 Å². The number of likely N-dealkylation sites (tertiary alicyclic amines) is 1. The van der Waals surface area contributed by atoms with Gasteiger partial charge in [0.1, 0.15) is 0 Å². The number of hydrogen-bond acceptors (Lipinski definition) is 3. The molecule has 0 bridgehead atoms. The number of nitrogens with zero attached hydrogens (tertiary/aromatic N) is 2. The second-order valence-electron chi connectivity index (χ2n) is 6.27. The van der Waals surface area contributed by atoms with Crippen LogP contribution >= 0.6 is 15.9 Å². The van der Waals surface area contributed by atoms with Crippen LogP contribution in [0.4, 0.5) is 5.69 Å². The quantitative estimate of drug-likeness (QED) is 0.586. The van der Waals surface area contributed by atoms with Crippen molar-refractivity contribution >= 4 is 27.5 Å². The molecule has 0 unspecified atom stereocenters. The normalized spacial score (nSPS) is 24.7. The Labute approximate surface area is 138 Å². The molecule has 2 fully saturated rings. The van der Waals surface area contributed by atoms with Crippen LogP contribution in [0.15, 0.2) is 22.7 Å². The van der Waals surface area contributed by atoms with Crippen LogP contribution in [0.2, 0.25) is 0 Å². The summed E-state index contributed by atoms with van der Waals surface area (Å²) in [4.78, 5) is 25.1. The van der Waals surface area contributed by atoms with E-state index in [2.05, 4.69) is 15.9 Å². The summed E-state index contributed by atoms with van der Waals surface area (Å²) in [6.45, 7) is 1.57. The molecule has 6 heteroatoms. The van der Waals surface area contributed by atoms with Crippen molar-refractivity contribution in [1.82, 2.24) is 4.90 Å². The van der Waals surface area contributed by atoms with Gasteiger partial charge in [0.25, 0.3) is 11.6 Å². The maximum absolute atomic E-state index is 12.6. The summed E-state index contributed by atoms with van der Waals surface area (Å²) in [6, 6.07) is 4.62. The molecule has 5 nitrogen and oxygen atoms in total. The third-order valence-electron chi connectivity index (χ3n) is 4.97. The van der Waals surface area contributed by atoms with Gasteiger partial charge in [0.05, 0.1) is 9.40 Å². The van der Waals surface area contributed by atoms with E-state index in [0.29, 0.717) is 16.0 Å². The molecule has 0 radical (unpaired) electrons. The van der Waals surface area contributed by atoms with Crippen molar-refractivity contribution in [2.75, 3.05) is 13.1 Å². The van der Waals surface area contributed by atoms with Gasteiger partial charge in [-0.25, -0.2) is 0 Å². The second-order valence-corrected chi connectivity index (χ2v) is 7.12. The highest BCUT2D eigenvalue weighted by Crippen LogP contribution is 2.36. The van der Waals surface area contributed by atoms with Crippen molar-refractivity contribution in [2.45, 2.75) is 32.1 Å². The van der Waals surface area contributed by atoms with Crippen LogP contribution in [0.1, 0.15) is 42.5 Å². The number of nitro benzene ring substituents is 1. The number of carbonyl (C=O) groups excluding carboxylic acids is 1. The second kappa shape index (κ2) is 6.36. The molecule has 1 aromatic carbocycles. The van der Waals surface area contributed by atoms with E-state index in [4.69, 9.17) is 0 Å². The van der Waals surface area contributed by atoms with Gasteiger partial charge in [-0.3, -0.25) is 14.9 Å². The Hall–Kier alpha value is -1.43. The zero-order valence-electron chi connectivity index (χ0n) is 12.3. The average Bonchev–Trinajstić information content (AvgIpc) is 2.54. The van der Waals surface area contributed by atoms with E-state index in [1.807, 2.05) is 4.90 Å². The van der Waals surface area contributed by atoms with Gasteiger partial charge in [-0.05, 0) is 52.7 Å². The Morgan fingerprint density at radius 3 is 2.68 bits per heavy atom. The molecule has 0 N–H and O–H groups in total. The Bertz CT molecular complexity index is 605. The first-order valence-corrected chi connectivity index (χ1v) is 8.59. The fourth-order valence-corrected chi connectivity index (χ4v) is 4.14. The van der Waals surface area contributed by atoms with E-state index in [0.717, 1.165) is 25.4 Å². The first kappa shape index (κ1) is 15.5. The van der Waals surface area contributed by atoms with Crippen LogP contribution in [-0.4, -0.2) is 28.8 Å². The maximum Gasteiger partial charge on any atom is 0.284 e. The Morgan fingerprint density at radius 1 is 1.23 bits per heavy atom. The van der Waals surface area contributed by atoms with Gasteiger partial charge < -0.3 is 4.90 Å². The summed E-state index contributed by atoms with van der Waals surface area (Å²) in [6.07, 6.45) is 6.13. The zero-order chi connectivity index (χ0) is 15.7. The van der Waals surface area contributed by atoms with Crippen LogP contribution in [0, 0.1) is 22.0 Å². The van der Waals surface area contributed by atoms with E-state index < -0.39 is 4.92 Å². The topological polar surface area (TPSA) is 63.4 Å². The lowest BCUT2D eigenvalue weighted by atomic mass is 9.75. The molecule has 0 aromatic heterocycles. The molecule has 0 spiro atoms. The number of halogens is 1. The molecule has 1 aliphatic heterocycles. The number of fused-ring (bicyclic) bond motifs is 1. The van der Waals surface area contributed by atoms with Crippen LogP contribution in [-0.2, 0) is 0 Å². The molecule has 1 saturated heterocycles. The minimum absolute atomic E-state index is 0.0570. The molecular weight excluding hydrogens is 348 g/mol. The van der Waals surface area contributed by atoms with Crippen LogP contribution in [0.3, 0.4) is 0 Å². The summed E-state index contributed by atoms with van der Waals surface area (Å²) >= 11 is 3.16. The number of amides is 1. The van der Waals surface area contributed by atoms with Gasteiger partial charge in [0.15, 0.2) is 0 Å². The van der Waals surface area contributed by atoms with Crippen molar-refractivity contribution < 1.29 is 9.72 Å². The molecule has 1 saturated carbocycles. The zero-order valence-corrected chi connectivity index (χ0v) is 13.9. The number of nitro groups is 1. The Morgan fingerprint density at radius 2 is 1.95 bits per heavy atom. The summed E-state index contributed by atoms with van der Waals surface area (Å²) in [5.41, 5.74) is 0.350. The smallest absolute Gasteiger partial charge is 0.284 e. The van der Waals surface area contributed by atoms with E-state index in [9.17, 15) is 14.9 Å². The minimum Gasteiger partial charge on any atom is -0.338 e. The Kier molecular flexibility index (Phi) is 4.47. The number of benzene rings is 1. The molecule has 2 aliphatic rings. The molecule has 3 rings (SSSR count). The van der Waals surface area contributed by atoms with Gasteiger partial charge in [0, 0.05) is 24.7 Å². The summed E-state index contributed by atoms with van der Waals surface area (Å²) < 4.78 is 0.403. The summed E-state index contributed by atoms with van der Waals surface area (Å²) in [7, 11) is 0. The van der Waals surface area contributed by atoms with E-state index in [1.54, 1.807) is 12.1 Å². The lowest BCUT2D eigenvalue weighted by Crippen LogP contribution is -2.44. The first-order valence-electron chi connectivity index (χ1n) is 7.79. The SMILES string of the molecule is O=C(c1ccc(Br)c([N+](=O)[O-])c1)N1CC[C@@H]2CCCC[C@@H]2C1. The molecule has 1 aliphatic carbocycles. The van der Waals surface area contributed by atoms with Gasteiger partial charge in [-0.15, -0.1) is 0 Å². The molecule has 1 heterocycles. The number of piperidine rings is 1. The average molecular weight is 367 g/mol. The van der Waals surface area contributed by atoms with Crippen LogP contribution < -0.4 is 0 Å². The van der Waals surface area contributed by atoms with Gasteiger partial charge in [-0.1, -0.05) is 19.3 Å². The highest BCUT2D eigenvalue weighted by Gasteiger charge is 2.33. The minimum atomic E-state index is -0.464. The van der Waals surface area contributed by atoms with E-state index >= 15 is 0 Å². The van der Waals surface area contributed by atoms with Gasteiger partial charge in [0.2, 0.25) is 0 Å². The fourth-order valence-electron chi connectivity index (χ4n) is 3.75. The van der Waals surface area contributed by atoms with Crippen molar-refractivity contribution in [3.05, 3.63) is 38.3 Å². The van der Waals surface area contributed by atoms with Gasteiger partial charge in [-0.2, -0.15) is 0 Å². The van der Waals surface area contributed by atoms with Crippen molar-refractivity contribution in [3.63, 3.8) is 0 Å². The summed E-state index contributed by atoms with van der Waals surface area (Å²) in [5.74, 6) is 1.29. The molecule has 2 atom stereocenters. The number of rotatable bonds is 2. The summed E-state index contributed by atoms with van der Waals surface area (Å²) in [5, 5.41) is 11.0. The third-order valence-corrected chi connectivity index (χ3v) is 5.64. The van der Waals surface area contributed by atoms with Crippen LogP contribution in [0.5, 0.6) is 0 Å². The maximum atomic E-state index is 12.6. The third kappa shape index (κ3) is 3.02. The monoisotopic (exact) mass is 366 g/mol. The molecule has 22 heavy (non-hydrogen) atoms. The van der Waals surface area contributed by atoms with E-state index in [1.165, 1.54) is 31.7 Å². The first-order chi connectivity index (χ1) is 10.6. The molecule has 118 valence electrons. The molecule has 1 amide bonds. The van der Waals surface area contributed by atoms with E-state index in [-0.39, 0.29) is 11.6 Å². The lowest BCUT2D eigenvalue weighted by molar-refractivity contribution is -0.385. The Balaban J connectivity index is 1.76. The number of carbonyl (C=O) groups is 1. The standard InChI is InChI=1S/C16H19BrN2O3/c17-14-6-5-12(9-15(14)19(21)22)16(20)18-8-7-11-3-1-2-4-13(11)10-18/h5-6,9,11,13H,1-4,7-8,10H2/t11-,13+/m0/s1. The van der Waals surface area contributed by atoms with Crippen molar-refractivity contribution in [3.8, 4) is 0 Å². The predicted octanol–water partition coefficient (Wildman–Crippen LogP) is 4.01. The lowest BCUT2D eigenvalue weighted by Gasteiger charge is -2.41. The van der Waals surface area contributed by atoms with Crippen LogP contribution in [0.25, 0.3) is 0 Å². The highest BCUT2D eigenvalue weighted by atomic mass is 79.9. The predicted molar refractivity (Wildman–Crippen MR) is 86.8 cm³/mol. The largest absolute Gasteiger partial charge is 0.338 e. The fraction of sp³-hybridized carbons (Fsp3) is 0.562. The van der Waals surface area contributed by atoms with Gasteiger partial charge >= 0.3 is 0 Å². The molecular formula is C16H19BrN2O3. The highest BCUT2D eigenvalue weighted by molar-refractivity contribution is 9.10. The van der Waals surface area contributed by atoms with Crippen molar-refractivity contribution in [2.24, 2.45) is 11.8 Å². The number of hydrogen-bond donors (Lipinski definition) is 0.